The van der Waals surface area contributed by atoms with Crippen LogP contribution in [0.2, 0.25) is 0 Å². The van der Waals surface area contributed by atoms with Gasteiger partial charge in [0.25, 0.3) is 0 Å². The van der Waals surface area contributed by atoms with Crippen molar-refractivity contribution in [2.45, 2.75) is 13.8 Å². The Kier molecular flexibility index (Phi) is 8.44. The van der Waals surface area contributed by atoms with Crippen molar-refractivity contribution in [1.82, 2.24) is 4.98 Å². The molecule has 4 nitrogen and oxygen atoms in total. The largest absolute Gasteiger partial charge is 0.540 e. The number of methoxy groups -OCH3 is 1. The van der Waals surface area contributed by atoms with Gasteiger partial charge in [-0.2, -0.15) is 0 Å². The first-order valence-electron chi connectivity index (χ1n) is 5.73. The van der Waals surface area contributed by atoms with Crippen LogP contribution in [0.1, 0.15) is 12.5 Å². The van der Waals surface area contributed by atoms with E-state index < -0.39 is 5.97 Å². The molecule has 2 rings (SSSR count). The van der Waals surface area contributed by atoms with Crippen LogP contribution >= 0.6 is 0 Å². The second-order valence-electron chi connectivity index (χ2n) is 3.86. The number of carboxylic acid groups (broad SMARTS) is 1. The van der Waals surface area contributed by atoms with E-state index in [-0.39, 0.29) is 20.1 Å². The summed E-state index contributed by atoms with van der Waals surface area (Å²) >= 11 is 0. The van der Waals surface area contributed by atoms with Gasteiger partial charge in [-0.1, -0.05) is 11.6 Å². The van der Waals surface area contributed by atoms with Crippen molar-refractivity contribution in [3.63, 3.8) is 0 Å². The number of hydrogen-bond acceptors (Lipinski definition) is 2. The van der Waals surface area contributed by atoms with Crippen molar-refractivity contribution >= 4 is 5.97 Å². The van der Waals surface area contributed by atoms with Crippen molar-refractivity contribution in [3.05, 3.63) is 48.2 Å². The summed E-state index contributed by atoms with van der Waals surface area (Å²) in [6.45, 7) is 3.24. The number of benzene rings is 1. The number of aryl methyl sites for hydroxylation is 1. The van der Waals surface area contributed by atoms with Crippen LogP contribution in [0.3, 0.4) is 0 Å². The molecule has 1 heterocycles. The molecule has 0 aliphatic rings. The molecule has 109 valence electrons. The standard InChI is InChI=1S/C13H12NO.C2H4O2.Ir/c1-10-4-3-9-14-13(10)11-5-7-12(15-2)8-6-11;1-2(3)4;/h3-5,7-9H,1-2H3;1H3,(H,3,4);/q-1;;/p+1. The van der Waals surface area contributed by atoms with E-state index in [1.165, 1.54) is 6.92 Å². The summed E-state index contributed by atoms with van der Waals surface area (Å²) in [6, 6.07) is 12.8. The number of rotatable bonds is 2. The normalized spacial score (nSPS) is 8.75. The first kappa shape index (κ1) is 18.3. The molecule has 0 spiro atoms. The second kappa shape index (κ2) is 9.23. The monoisotopic (exact) mass is 452 g/mol. The van der Waals surface area contributed by atoms with E-state index in [9.17, 15) is 0 Å². The number of carboxylic acids is 1. The third-order valence-corrected chi connectivity index (χ3v) is 2.28. The van der Waals surface area contributed by atoms with Crippen molar-refractivity contribution in [3.8, 4) is 17.0 Å². The summed E-state index contributed by atoms with van der Waals surface area (Å²) in [5, 5.41) is 7.53. The summed E-state index contributed by atoms with van der Waals surface area (Å²) in [7, 11) is 1.65. The molecule has 0 aliphatic heterocycles. The Morgan fingerprint density at radius 3 is 2.45 bits per heavy atom. The number of aliphatic carboxylic acids is 1. The summed E-state index contributed by atoms with van der Waals surface area (Å²) in [5.74, 6) is 0.229. The molecule has 0 amide bonds. The Bertz CT molecular complexity index is 537. The Hall–Kier alpha value is -1.71. The Labute approximate surface area is 132 Å². The summed E-state index contributed by atoms with van der Waals surface area (Å²) in [5.41, 5.74) is 3.12. The maximum atomic E-state index is 7.53. The molecule has 0 saturated heterocycles. The van der Waals surface area contributed by atoms with Gasteiger partial charge >= 0.3 is 5.97 Å². The van der Waals surface area contributed by atoms with Crippen molar-refractivity contribution in [1.29, 1.82) is 0 Å². The van der Waals surface area contributed by atoms with Gasteiger partial charge in [0.2, 0.25) is 0 Å². The Morgan fingerprint density at radius 1 is 1.35 bits per heavy atom. The van der Waals surface area contributed by atoms with Crippen molar-refractivity contribution in [2.75, 3.05) is 7.11 Å². The van der Waals surface area contributed by atoms with Crippen LogP contribution in [0.4, 0.5) is 0 Å². The average Bonchev–Trinajstić information content (AvgIpc) is 2.39. The molecule has 2 N–H and O–H groups in total. The molecule has 1 aromatic heterocycles. The first-order chi connectivity index (χ1) is 9.04. The fourth-order valence-electron chi connectivity index (χ4n) is 1.45. The number of aliphatic hydroxyl groups excluding tert-OH is 1. The van der Waals surface area contributed by atoms with Gasteiger partial charge in [-0.15, -0.1) is 29.8 Å². The van der Waals surface area contributed by atoms with E-state index in [4.69, 9.17) is 14.6 Å². The minimum atomic E-state index is -0.583. The second-order valence-corrected chi connectivity index (χ2v) is 3.86. The van der Waals surface area contributed by atoms with Gasteiger partial charge in [0.05, 0.1) is 14.0 Å². The van der Waals surface area contributed by atoms with Gasteiger partial charge in [-0.25, -0.2) is 0 Å². The third kappa shape index (κ3) is 5.95. The predicted molar refractivity (Wildman–Crippen MR) is 75.0 cm³/mol. The van der Waals surface area contributed by atoms with Crippen molar-refractivity contribution < 1.29 is 34.7 Å². The van der Waals surface area contributed by atoms with Crippen molar-refractivity contribution in [2.24, 2.45) is 0 Å². The van der Waals surface area contributed by atoms with Crippen LogP contribution < -0.4 is 4.74 Å². The fraction of sp³-hybridized carbons (Fsp3) is 0.200. The summed E-state index contributed by atoms with van der Waals surface area (Å²) in [4.78, 5) is 11.9. The molecular weight excluding hydrogens is 434 g/mol. The van der Waals surface area contributed by atoms with Crippen LogP contribution in [0.5, 0.6) is 5.75 Å². The minimum Gasteiger partial charge on any atom is -0.540 e. The molecule has 0 saturated carbocycles. The molecule has 20 heavy (non-hydrogen) atoms. The molecule has 0 aliphatic carbocycles. The molecule has 5 heteroatoms. The smallest absolute Gasteiger partial charge is 0.477 e. The average molecular weight is 452 g/mol. The summed E-state index contributed by atoms with van der Waals surface area (Å²) < 4.78 is 5.08. The maximum absolute atomic E-state index is 7.53. The first-order valence-corrected chi connectivity index (χ1v) is 5.73. The predicted octanol–water partition coefficient (Wildman–Crippen LogP) is 2.93. The Morgan fingerprint density at radius 2 is 2.00 bits per heavy atom. The van der Waals surface area contributed by atoms with E-state index in [1.54, 1.807) is 13.3 Å². The third-order valence-electron chi connectivity index (χ3n) is 2.28. The zero-order valence-electron chi connectivity index (χ0n) is 11.5. The van der Waals surface area contributed by atoms with Crippen LogP contribution in [0.15, 0.2) is 36.5 Å². The van der Waals surface area contributed by atoms with Crippen LogP contribution in [0, 0.1) is 13.0 Å². The van der Waals surface area contributed by atoms with E-state index in [2.05, 4.69) is 11.1 Å². The quantitative estimate of drug-likeness (QED) is 0.564. The molecule has 0 atom stereocenters. The number of ether oxygens (including phenoxy) is 1. The van der Waals surface area contributed by atoms with E-state index >= 15 is 0 Å². The zero-order chi connectivity index (χ0) is 14.3. The van der Waals surface area contributed by atoms with Gasteiger partial charge in [-0.3, -0.25) is 0 Å². The molecule has 0 bridgehead atoms. The molecule has 1 aromatic carbocycles. The Balaban J connectivity index is 0.000000644. The molecule has 2 aromatic rings. The van der Waals surface area contributed by atoms with Crippen LogP contribution in [-0.2, 0) is 20.1 Å². The van der Waals surface area contributed by atoms with Crippen LogP contribution in [0.25, 0.3) is 11.3 Å². The van der Waals surface area contributed by atoms with Gasteiger partial charge in [0.15, 0.2) is 0 Å². The fourth-order valence-corrected chi connectivity index (χ4v) is 1.45. The number of nitrogens with zero attached hydrogens (tertiary/aromatic N) is 1. The van der Waals surface area contributed by atoms with Crippen LogP contribution in [-0.4, -0.2) is 28.0 Å². The van der Waals surface area contributed by atoms with Gasteiger partial charge in [-0.05, 0) is 18.7 Å². The van der Waals surface area contributed by atoms with E-state index in [0.717, 1.165) is 22.6 Å². The number of pyridine rings is 1. The number of aromatic nitrogens is 1. The van der Waals surface area contributed by atoms with E-state index in [0.29, 0.717) is 0 Å². The molecule has 0 unspecified atom stereocenters. The van der Waals surface area contributed by atoms with Gasteiger partial charge in [0, 0.05) is 32.1 Å². The van der Waals surface area contributed by atoms with Gasteiger partial charge in [0.1, 0.15) is 0 Å². The molecule has 1 radical (unpaired) electrons. The number of hydrogen-bond donors (Lipinski definition) is 1. The maximum Gasteiger partial charge on any atom is 0.477 e. The molecule has 0 fully saturated rings. The zero-order valence-corrected chi connectivity index (χ0v) is 13.9. The van der Waals surface area contributed by atoms with E-state index in [1.807, 2.05) is 37.3 Å². The molecular formula is C15H17IrNO3. The minimum absolute atomic E-state index is 0. The summed E-state index contributed by atoms with van der Waals surface area (Å²) in [6.07, 6.45) is 1.79. The van der Waals surface area contributed by atoms with Gasteiger partial charge < -0.3 is 19.6 Å². The topological polar surface area (TPSA) is 63.8 Å². The SMILES string of the molecule is CC(O)=[OH+].COc1c[c-]c(-c2ncccc2C)cc1.[Ir].